The van der Waals surface area contributed by atoms with Crippen molar-refractivity contribution in [1.29, 1.82) is 0 Å². The molecule has 0 bridgehead atoms. The van der Waals surface area contributed by atoms with Crippen LogP contribution in [0.15, 0.2) is 0 Å². The molecule has 2 atom stereocenters. The SMILES string of the molecule is CC(C)CC(O)(CC(N)C(=O)O)C(=O)O. The topological polar surface area (TPSA) is 121 Å². The summed E-state index contributed by atoms with van der Waals surface area (Å²) in [5, 5.41) is 27.1. The van der Waals surface area contributed by atoms with E-state index >= 15 is 0 Å². The predicted octanol–water partition coefficient (Wildman–Crippen LogP) is -0.350. The number of aliphatic carboxylic acids is 2. The highest BCUT2D eigenvalue weighted by atomic mass is 16.4. The maximum absolute atomic E-state index is 10.8. The van der Waals surface area contributed by atoms with Crippen LogP contribution in [-0.4, -0.2) is 38.9 Å². The van der Waals surface area contributed by atoms with E-state index in [0.29, 0.717) is 0 Å². The Balaban J connectivity index is 4.65. The Morgan fingerprint density at radius 2 is 1.73 bits per heavy atom. The third-order valence-electron chi connectivity index (χ3n) is 2.02. The van der Waals surface area contributed by atoms with Gasteiger partial charge in [-0.2, -0.15) is 0 Å². The summed E-state index contributed by atoms with van der Waals surface area (Å²) in [5.41, 5.74) is 3.13. The van der Waals surface area contributed by atoms with E-state index < -0.39 is 30.0 Å². The van der Waals surface area contributed by atoms with Gasteiger partial charge < -0.3 is 21.1 Å². The second-order valence-electron chi connectivity index (χ2n) is 4.08. The number of aliphatic hydroxyl groups is 1. The van der Waals surface area contributed by atoms with Crippen molar-refractivity contribution in [2.75, 3.05) is 0 Å². The minimum Gasteiger partial charge on any atom is -0.480 e. The zero-order chi connectivity index (χ0) is 12.2. The fraction of sp³-hybridized carbons (Fsp3) is 0.778. The van der Waals surface area contributed by atoms with E-state index in [1.165, 1.54) is 0 Å². The molecule has 0 saturated heterocycles. The van der Waals surface area contributed by atoms with Crippen LogP contribution in [0.25, 0.3) is 0 Å². The van der Waals surface area contributed by atoms with Gasteiger partial charge in [0.15, 0.2) is 5.60 Å². The standard InChI is InChI=1S/C9H17NO5/c1-5(2)3-9(15,8(13)14)4-6(10)7(11)12/h5-6,15H,3-4,10H2,1-2H3,(H,11,12)(H,13,14). The lowest BCUT2D eigenvalue weighted by Crippen LogP contribution is -2.47. The van der Waals surface area contributed by atoms with Gasteiger partial charge >= 0.3 is 11.9 Å². The molecule has 0 spiro atoms. The largest absolute Gasteiger partial charge is 0.480 e. The molecule has 0 aliphatic rings. The number of hydrogen-bond acceptors (Lipinski definition) is 4. The first-order valence-corrected chi connectivity index (χ1v) is 4.63. The highest BCUT2D eigenvalue weighted by molar-refractivity contribution is 5.80. The fourth-order valence-corrected chi connectivity index (χ4v) is 1.38. The molecule has 0 aromatic rings. The van der Waals surface area contributed by atoms with E-state index in [-0.39, 0.29) is 12.3 Å². The van der Waals surface area contributed by atoms with Crippen LogP contribution >= 0.6 is 0 Å². The molecule has 2 unspecified atom stereocenters. The molecule has 88 valence electrons. The summed E-state index contributed by atoms with van der Waals surface area (Å²) in [4.78, 5) is 21.3. The second-order valence-corrected chi connectivity index (χ2v) is 4.08. The summed E-state index contributed by atoms with van der Waals surface area (Å²) in [5.74, 6) is -2.82. The molecule has 0 aromatic heterocycles. The summed E-state index contributed by atoms with van der Waals surface area (Å²) in [6.07, 6.45) is -0.515. The maximum atomic E-state index is 10.8. The molecule has 0 saturated carbocycles. The van der Waals surface area contributed by atoms with Crippen molar-refractivity contribution in [3.05, 3.63) is 0 Å². The maximum Gasteiger partial charge on any atom is 0.335 e. The fourth-order valence-electron chi connectivity index (χ4n) is 1.38. The van der Waals surface area contributed by atoms with Crippen LogP contribution in [0.5, 0.6) is 0 Å². The molecule has 0 heterocycles. The van der Waals surface area contributed by atoms with Crippen LogP contribution < -0.4 is 5.73 Å². The first-order chi connectivity index (χ1) is 6.69. The van der Waals surface area contributed by atoms with Gasteiger partial charge in [-0.25, -0.2) is 4.79 Å². The molecule has 6 heteroatoms. The van der Waals surface area contributed by atoms with Crippen molar-refractivity contribution < 1.29 is 24.9 Å². The molecule has 0 aliphatic heterocycles. The number of nitrogens with two attached hydrogens (primary N) is 1. The lowest BCUT2D eigenvalue weighted by Gasteiger charge is -2.26. The van der Waals surface area contributed by atoms with E-state index in [9.17, 15) is 14.7 Å². The molecule has 0 rings (SSSR count). The quantitative estimate of drug-likeness (QED) is 0.484. The number of hydrogen-bond donors (Lipinski definition) is 4. The molecule has 0 aliphatic carbocycles. The van der Waals surface area contributed by atoms with Crippen LogP contribution in [0.3, 0.4) is 0 Å². The molecular weight excluding hydrogens is 202 g/mol. The average Bonchev–Trinajstić information content (AvgIpc) is 2.01. The van der Waals surface area contributed by atoms with Crippen molar-refractivity contribution in [3.63, 3.8) is 0 Å². The number of rotatable bonds is 6. The minimum atomic E-state index is -2.06. The van der Waals surface area contributed by atoms with Gasteiger partial charge in [0, 0.05) is 6.42 Å². The number of carbonyl (C=O) groups is 2. The highest BCUT2D eigenvalue weighted by Gasteiger charge is 2.39. The van der Waals surface area contributed by atoms with Crippen LogP contribution in [0, 0.1) is 5.92 Å². The molecule has 6 nitrogen and oxygen atoms in total. The molecular formula is C9H17NO5. The van der Waals surface area contributed by atoms with Crippen molar-refractivity contribution in [2.24, 2.45) is 11.7 Å². The Kier molecular flexibility index (Phi) is 4.70. The van der Waals surface area contributed by atoms with E-state index in [0.717, 1.165) is 0 Å². The van der Waals surface area contributed by atoms with E-state index in [2.05, 4.69) is 0 Å². The Bertz CT molecular complexity index is 253. The van der Waals surface area contributed by atoms with Gasteiger partial charge in [-0.3, -0.25) is 4.79 Å². The van der Waals surface area contributed by atoms with Crippen LogP contribution in [-0.2, 0) is 9.59 Å². The zero-order valence-electron chi connectivity index (χ0n) is 8.80. The van der Waals surface area contributed by atoms with Crippen molar-refractivity contribution in [1.82, 2.24) is 0 Å². The Hall–Kier alpha value is -1.14. The Labute approximate surface area is 87.7 Å². The molecule has 0 fully saturated rings. The van der Waals surface area contributed by atoms with Crippen LogP contribution in [0.2, 0.25) is 0 Å². The second kappa shape index (κ2) is 5.09. The third kappa shape index (κ3) is 4.26. The van der Waals surface area contributed by atoms with Crippen molar-refractivity contribution in [2.45, 2.75) is 38.3 Å². The number of carboxylic acid groups (broad SMARTS) is 2. The van der Waals surface area contributed by atoms with E-state index in [4.69, 9.17) is 15.9 Å². The Morgan fingerprint density at radius 1 is 1.27 bits per heavy atom. The molecule has 0 aromatic carbocycles. The van der Waals surface area contributed by atoms with Gasteiger partial charge in [0.05, 0.1) is 0 Å². The number of carboxylic acids is 2. The summed E-state index contributed by atoms with van der Waals surface area (Å²) < 4.78 is 0. The third-order valence-corrected chi connectivity index (χ3v) is 2.02. The van der Waals surface area contributed by atoms with Gasteiger partial charge in [-0.05, 0) is 12.3 Å². The first-order valence-electron chi connectivity index (χ1n) is 4.63. The lowest BCUT2D eigenvalue weighted by atomic mass is 9.87. The summed E-state index contributed by atoms with van der Waals surface area (Å²) in [7, 11) is 0. The Morgan fingerprint density at radius 3 is 2.00 bits per heavy atom. The normalized spacial score (nSPS) is 17.1. The van der Waals surface area contributed by atoms with Crippen LogP contribution in [0.1, 0.15) is 26.7 Å². The van der Waals surface area contributed by atoms with Gasteiger partial charge in [-0.15, -0.1) is 0 Å². The minimum absolute atomic E-state index is 0.0245. The highest BCUT2D eigenvalue weighted by Crippen LogP contribution is 2.22. The lowest BCUT2D eigenvalue weighted by molar-refractivity contribution is -0.162. The van der Waals surface area contributed by atoms with Gasteiger partial charge in [-0.1, -0.05) is 13.8 Å². The van der Waals surface area contributed by atoms with Crippen molar-refractivity contribution in [3.8, 4) is 0 Å². The van der Waals surface area contributed by atoms with Crippen molar-refractivity contribution >= 4 is 11.9 Å². The molecule has 0 radical (unpaired) electrons. The zero-order valence-corrected chi connectivity index (χ0v) is 8.80. The smallest absolute Gasteiger partial charge is 0.335 e. The molecule has 0 amide bonds. The average molecular weight is 219 g/mol. The van der Waals surface area contributed by atoms with Crippen LogP contribution in [0.4, 0.5) is 0 Å². The monoisotopic (exact) mass is 219 g/mol. The summed E-state index contributed by atoms with van der Waals surface area (Å²) in [6.45, 7) is 3.47. The van der Waals surface area contributed by atoms with E-state index in [1.807, 2.05) is 0 Å². The summed E-state index contributed by atoms with van der Waals surface area (Å²) >= 11 is 0. The van der Waals surface area contributed by atoms with Gasteiger partial charge in [0.2, 0.25) is 0 Å². The molecule has 15 heavy (non-hydrogen) atoms. The van der Waals surface area contributed by atoms with Gasteiger partial charge in [0.25, 0.3) is 0 Å². The first kappa shape index (κ1) is 13.9. The van der Waals surface area contributed by atoms with E-state index in [1.54, 1.807) is 13.8 Å². The summed E-state index contributed by atoms with van der Waals surface area (Å²) in [6, 6.07) is -1.37. The predicted molar refractivity (Wildman–Crippen MR) is 52.3 cm³/mol. The van der Waals surface area contributed by atoms with Gasteiger partial charge in [0.1, 0.15) is 6.04 Å². The molecule has 5 N–H and O–H groups in total.